The first kappa shape index (κ1) is 16.5. The lowest BCUT2D eigenvalue weighted by Gasteiger charge is -2.12. The Balaban J connectivity index is 1.48. The number of hydrogen-bond donors (Lipinski definition) is 2. The molecule has 0 saturated heterocycles. The van der Waals surface area contributed by atoms with Crippen molar-refractivity contribution in [1.29, 1.82) is 0 Å². The molecular weight excluding hydrogens is 318 g/mol. The maximum atomic E-state index is 4.61. The highest BCUT2D eigenvalue weighted by molar-refractivity contribution is 7.09. The summed E-state index contributed by atoms with van der Waals surface area (Å²) >= 11 is 1.75. The van der Waals surface area contributed by atoms with Gasteiger partial charge >= 0.3 is 0 Å². The molecule has 0 radical (unpaired) electrons. The Morgan fingerprint density at radius 3 is 2.88 bits per heavy atom. The molecule has 0 bridgehead atoms. The fraction of sp³-hybridized carbons (Fsp3) is 0.333. The van der Waals surface area contributed by atoms with Crippen LogP contribution >= 0.6 is 11.3 Å². The van der Waals surface area contributed by atoms with Crippen LogP contribution in [0.25, 0.3) is 11.0 Å². The normalized spacial score (nSPS) is 11.8. The van der Waals surface area contributed by atoms with Gasteiger partial charge in [0.2, 0.25) is 0 Å². The Kier molecular flexibility index (Phi) is 5.48. The van der Waals surface area contributed by atoms with Crippen molar-refractivity contribution >= 4 is 28.3 Å². The van der Waals surface area contributed by atoms with Gasteiger partial charge < -0.3 is 15.2 Å². The SMILES string of the molecule is CN=C(NCCCn1c(C)nc2ccccc21)NCc1cccs1. The summed E-state index contributed by atoms with van der Waals surface area (Å²) in [4.78, 5) is 10.2. The van der Waals surface area contributed by atoms with E-state index in [0.29, 0.717) is 0 Å². The van der Waals surface area contributed by atoms with Crippen LogP contribution < -0.4 is 10.6 Å². The fourth-order valence-electron chi connectivity index (χ4n) is 2.73. The topological polar surface area (TPSA) is 54.2 Å². The zero-order valence-corrected chi connectivity index (χ0v) is 14.9. The maximum absolute atomic E-state index is 4.61. The van der Waals surface area contributed by atoms with Crippen LogP contribution in [-0.4, -0.2) is 29.1 Å². The lowest BCUT2D eigenvalue weighted by molar-refractivity contribution is 0.624. The maximum Gasteiger partial charge on any atom is 0.191 e. The number of thiophene rings is 1. The van der Waals surface area contributed by atoms with Gasteiger partial charge in [-0.1, -0.05) is 18.2 Å². The van der Waals surface area contributed by atoms with E-state index in [9.17, 15) is 0 Å². The number of imidazole rings is 1. The lowest BCUT2D eigenvalue weighted by atomic mass is 10.3. The van der Waals surface area contributed by atoms with Gasteiger partial charge in [-0.15, -0.1) is 11.3 Å². The number of aryl methyl sites for hydroxylation is 2. The molecule has 0 spiro atoms. The van der Waals surface area contributed by atoms with Gasteiger partial charge in [-0.2, -0.15) is 0 Å². The quantitative estimate of drug-likeness (QED) is 0.411. The first-order chi connectivity index (χ1) is 11.8. The second-order valence-corrected chi connectivity index (χ2v) is 6.62. The number of aliphatic imine (C=N–C) groups is 1. The van der Waals surface area contributed by atoms with Crippen LogP contribution in [0.2, 0.25) is 0 Å². The van der Waals surface area contributed by atoms with Crippen molar-refractivity contribution in [2.75, 3.05) is 13.6 Å². The minimum atomic E-state index is 0.808. The molecule has 0 aliphatic heterocycles. The third-order valence-corrected chi connectivity index (χ3v) is 4.81. The number of rotatable bonds is 6. The van der Waals surface area contributed by atoms with E-state index >= 15 is 0 Å². The van der Waals surface area contributed by atoms with Crippen molar-refractivity contribution in [3.05, 3.63) is 52.5 Å². The zero-order chi connectivity index (χ0) is 16.8. The second kappa shape index (κ2) is 7.97. The van der Waals surface area contributed by atoms with E-state index in [2.05, 4.69) is 67.8 Å². The highest BCUT2D eigenvalue weighted by Crippen LogP contribution is 2.15. The molecule has 2 aromatic heterocycles. The van der Waals surface area contributed by atoms with Gasteiger partial charge in [0.15, 0.2) is 5.96 Å². The molecule has 0 fully saturated rings. The molecule has 3 rings (SSSR count). The fourth-order valence-corrected chi connectivity index (χ4v) is 3.37. The number of aromatic nitrogens is 2. The van der Waals surface area contributed by atoms with E-state index < -0.39 is 0 Å². The van der Waals surface area contributed by atoms with Crippen molar-refractivity contribution < 1.29 is 0 Å². The van der Waals surface area contributed by atoms with Crippen molar-refractivity contribution in [2.45, 2.75) is 26.4 Å². The van der Waals surface area contributed by atoms with Gasteiger partial charge in [-0.3, -0.25) is 4.99 Å². The summed E-state index contributed by atoms with van der Waals surface area (Å²) in [6.07, 6.45) is 1.01. The van der Waals surface area contributed by atoms with Crippen molar-refractivity contribution in [3.63, 3.8) is 0 Å². The first-order valence-corrected chi connectivity index (χ1v) is 9.04. The van der Waals surface area contributed by atoms with Gasteiger partial charge in [-0.05, 0) is 36.9 Å². The molecule has 0 aliphatic carbocycles. The summed E-state index contributed by atoms with van der Waals surface area (Å²) < 4.78 is 2.28. The van der Waals surface area contributed by atoms with Crippen molar-refractivity contribution in [1.82, 2.24) is 20.2 Å². The third-order valence-electron chi connectivity index (χ3n) is 3.93. The van der Waals surface area contributed by atoms with Crippen LogP contribution in [0.1, 0.15) is 17.1 Å². The molecule has 24 heavy (non-hydrogen) atoms. The minimum absolute atomic E-state index is 0.808. The predicted octanol–water partition coefficient (Wildman–Crippen LogP) is 3.16. The molecule has 0 saturated carbocycles. The number of guanidine groups is 1. The third kappa shape index (κ3) is 3.94. The highest BCUT2D eigenvalue weighted by Gasteiger charge is 2.06. The summed E-state index contributed by atoms with van der Waals surface area (Å²) in [5.74, 6) is 1.91. The summed E-state index contributed by atoms with van der Waals surface area (Å²) in [5.41, 5.74) is 2.27. The Morgan fingerprint density at radius 2 is 2.08 bits per heavy atom. The molecule has 0 aliphatic rings. The molecule has 0 unspecified atom stereocenters. The number of hydrogen-bond acceptors (Lipinski definition) is 3. The Hall–Kier alpha value is -2.34. The summed E-state index contributed by atoms with van der Waals surface area (Å²) in [6, 6.07) is 12.5. The molecule has 3 aromatic rings. The number of fused-ring (bicyclic) bond motifs is 1. The van der Waals surface area contributed by atoms with Crippen LogP contribution in [-0.2, 0) is 13.1 Å². The molecule has 2 N–H and O–H groups in total. The van der Waals surface area contributed by atoms with Gasteiger partial charge in [-0.25, -0.2) is 4.98 Å². The van der Waals surface area contributed by atoms with E-state index in [4.69, 9.17) is 0 Å². The molecule has 6 heteroatoms. The average molecular weight is 341 g/mol. The molecule has 0 amide bonds. The zero-order valence-electron chi connectivity index (χ0n) is 14.1. The van der Waals surface area contributed by atoms with Gasteiger partial charge in [0, 0.05) is 25.0 Å². The summed E-state index contributed by atoms with van der Waals surface area (Å²) in [5, 5.41) is 8.80. The van der Waals surface area contributed by atoms with Crippen LogP contribution in [0.15, 0.2) is 46.8 Å². The largest absolute Gasteiger partial charge is 0.356 e. The lowest BCUT2D eigenvalue weighted by Crippen LogP contribution is -2.37. The van der Waals surface area contributed by atoms with Crippen molar-refractivity contribution in [3.8, 4) is 0 Å². The Morgan fingerprint density at radius 1 is 1.21 bits per heavy atom. The minimum Gasteiger partial charge on any atom is -0.356 e. The molecule has 5 nitrogen and oxygen atoms in total. The monoisotopic (exact) mass is 341 g/mol. The average Bonchev–Trinajstić information content (AvgIpc) is 3.22. The molecule has 126 valence electrons. The van der Waals surface area contributed by atoms with Crippen LogP contribution in [0.4, 0.5) is 0 Å². The molecule has 2 heterocycles. The van der Waals surface area contributed by atoms with E-state index in [1.54, 1.807) is 18.4 Å². The Bertz CT molecular complexity index is 804. The highest BCUT2D eigenvalue weighted by atomic mass is 32.1. The molecule has 1 aromatic carbocycles. The smallest absolute Gasteiger partial charge is 0.191 e. The van der Waals surface area contributed by atoms with E-state index in [0.717, 1.165) is 43.4 Å². The summed E-state index contributed by atoms with van der Waals surface area (Å²) in [6.45, 7) is 4.69. The molecular formula is C18H23N5S. The van der Waals surface area contributed by atoms with Crippen LogP contribution in [0.5, 0.6) is 0 Å². The van der Waals surface area contributed by atoms with Crippen LogP contribution in [0.3, 0.4) is 0 Å². The molecule has 0 atom stereocenters. The van der Waals surface area contributed by atoms with E-state index in [-0.39, 0.29) is 0 Å². The predicted molar refractivity (Wildman–Crippen MR) is 102 cm³/mol. The van der Waals surface area contributed by atoms with Crippen molar-refractivity contribution in [2.24, 2.45) is 4.99 Å². The van der Waals surface area contributed by atoms with Gasteiger partial charge in [0.25, 0.3) is 0 Å². The van der Waals surface area contributed by atoms with E-state index in [1.165, 1.54) is 10.4 Å². The van der Waals surface area contributed by atoms with Crippen LogP contribution in [0, 0.1) is 6.92 Å². The number of nitrogens with zero attached hydrogens (tertiary/aromatic N) is 3. The number of nitrogens with one attached hydrogen (secondary N) is 2. The number of benzene rings is 1. The van der Waals surface area contributed by atoms with E-state index in [1.807, 2.05) is 6.07 Å². The summed E-state index contributed by atoms with van der Waals surface area (Å²) in [7, 11) is 1.80. The number of para-hydroxylation sites is 2. The second-order valence-electron chi connectivity index (χ2n) is 5.58. The van der Waals surface area contributed by atoms with Gasteiger partial charge in [0.05, 0.1) is 17.6 Å². The first-order valence-electron chi connectivity index (χ1n) is 8.16. The Labute approximate surface area is 146 Å². The standard InChI is InChI=1S/C18H23N5S/c1-14-22-16-8-3-4-9-17(16)23(14)11-6-10-20-18(19-2)21-13-15-7-5-12-24-15/h3-5,7-9,12H,6,10-11,13H2,1-2H3,(H2,19,20,21). The van der Waals surface area contributed by atoms with Gasteiger partial charge in [0.1, 0.15) is 5.82 Å².